The number of ether oxygens (including phenoxy) is 1. The monoisotopic (exact) mass is 495 g/mol. The van der Waals surface area contributed by atoms with E-state index in [0.717, 1.165) is 28.9 Å². The number of carbonyl (C=O) groups excluding carboxylic acids is 2. The Labute approximate surface area is 212 Å². The number of hydrogen-bond donors (Lipinski definition) is 1. The molecule has 2 amide bonds. The molecule has 1 fully saturated rings. The van der Waals surface area contributed by atoms with Gasteiger partial charge in [0.2, 0.25) is 5.91 Å². The summed E-state index contributed by atoms with van der Waals surface area (Å²) in [7, 11) is 0. The van der Waals surface area contributed by atoms with Gasteiger partial charge < -0.3 is 19.5 Å². The smallest absolute Gasteiger partial charge is 0.272 e. The number of aryl methyl sites for hydroxylation is 1. The Balaban J connectivity index is 1.43. The quantitative estimate of drug-likeness (QED) is 0.435. The maximum absolute atomic E-state index is 14.6. The fourth-order valence-corrected chi connectivity index (χ4v) is 6.13. The van der Waals surface area contributed by atoms with Crippen LogP contribution in [-0.2, 0) is 23.3 Å². The number of H-pyrrole nitrogens is 1. The highest BCUT2D eigenvalue weighted by Gasteiger charge is 2.61. The van der Waals surface area contributed by atoms with E-state index in [-0.39, 0.29) is 11.8 Å². The van der Waals surface area contributed by atoms with Gasteiger partial charge in [0.05, 0.1) is 37.9 Å². The molecule has 2 aromatic heterocycles. The average Bonchev–Trinajstić information content (AvgIpc) is 3.72. The summed E-state index contributed by atoms with van der Waals surface area (Å²) in [4.78, 5) is 38.9. The van der Waals surface area contributed by atoms with Crippen LogP contribution >= 0.6 is 0 Å². The normalized spacial score (nSPS) is 22.6. The number of likely N-dealkylation sites (tertiary alicyclic amines) is 1. The number of nitrogens with zero attached hydrogens (tertiary/aromatic N) is 6. The van der Waals surface area contributed by atoms with Gasteiger partial charge in [0.1, 0.15) is 22.6 Å². The molecule has 3 aliphatic heterocycles. The van der Waals surface area contributed by atoms with Gasteiger partial charge in [-0.2, -0.15) is 0 Å². The molecule has 4 aromatic rings. The largest absolute Gasteiger partial charge is 0.494 e. The van der Waals surface area contributed by atoms with Crippen molar-refractivity contribution in [2.45, 2.75) is 37.4 Å². The molecule has 0 unspecified atom stereocenters. The zero-order valence-electron chi connectivity index (χ0n) is 20.1. The van der Waals surface area contributed by atoms with Crippen LogP contribution in [0, 0.1) is 0 Å². The molecule has 37 heavy (non-hydrogen) atoms. The first-order valence-corrected chi connectivity index (χ1v) is 12.5. The van der Waals surface area contributed by atoms with Crippen LogP contribution in [0.2, 0.25) is 0 Å². The number of anilines is 1. The lowest BCUT2D eigenvalue weighted by atomic mass is 9.72. The summed E-state index contributed by atoms with van der Waals surface area (Å²) in [5, 5.41) is 8.59. The second kappa shape index (κ2) is 8.29. The lowest BCUT2D eigenvalue weighted by Gasteiger charge is -2.35. The van der Waals surface area contributed by atoms with Gasteiger partial charge in [-0.1, -0.05) is 35.5 Å². The summed E-state index contributed by atoms with van der Waals surface area (Å²) in [5.74, 6) is 0.489. The molecule has 10 heteroatoms. The van der Waals surface area contributed by atoms with E-state index in [1.54, 1.807) is 14.5 Å². The molecule has 1 spiro atoms. The molecule has 1 saturated heterocycles. The summed E-state index contributed by atoms with van der Waals surface area (Å²) in [6.07, 6.45) is 6.17. The van der Waals surface area contributed by atoms with E-state index in [1.165, 1.54) is 12.5 Å². The first kappa shape index (κ1) is 21.8. The summed E-state index contributed by atoms with van der Waals surface area (Å²) < 4.78 is 7.88. The zero-order chi connectivity index (χ0) is 25.0. The van der Waals surface area contributed by atoms with Crippen LogP contribution in [0.1, 0.15) is 46.2 Å². The second-order valence-electron chi connectivity index (χ2n) is 9.74. The predicted octanol–water partition coefficient (Wildman–Crippen LogP) is 2.86. The minimum absolute atomic E-state index is 0.0330. The van der Waals surface area contributed by atoms with Gasteiger partial charge in [-0.3, -0.25) is 14.3 Å². The fraction of sp³-hybridized carbons (Fsp3) is 0.296. The second-order valence-corrected chi connectivity index (χ2v) is 9.74. The number of imidazole rings is 1. The Hall–Kier alpha value is -4.47. The Morgan fingerprint density at radius 1 is 1.14 bits per heavy atom. The number of fused-ring (bicyclic) bond motifs is 8. The maximum atomic E-state index is 14.6. The van der Waals surface area contributed by atoms with E-state index in [0.29, 0.717) is 44.1 Å². The SMILES string of the molecule is O=C(c1cnc[nH]1)N1CC[C@]23C(=O)N(Cc4cn(nn4)CCCOc4cccc(c4)[C@H]12)c1ccccc13. The van der Waals surface area contributed by atoms with Crippen molar-refractivity contribution >= 4 is 17.5 Å². The number of aromatic amines is 1. The molecule has 2 atom stereocenters. The minimum Gasteiger partial charge on any atom is -0.494 e. The molecule has 1 N–H and O–H groups in total. The standard InChI is InChI=1S/C27H25N7O3/c35-25(22-14-28-17-29-22)33-11-9-27-21-7-1-2-8-23(21)34(26(27)36)16-19-15-32(31-30-19)10-4-12-37-20-6-3-5-18(13-20)24(27)33/h1-3,5-8,13-15,17,24H,4,9-12,16H2,(H,28,29)/t24-,27+/m0/s1. The maximum Gasteiger partial charge on any atom is 0.272 e. The van der Waals surface area contributed by atoms with E-state index in [2.05, 4.69) is 20.3 Å². The lowest BCUT2D eigenvalue weighted by molar-refractivity contribution is -0.124. The van der Waals surface area contributed by atoms with Gasteiger partial charge in [0.25, 0.3) is 5.91 Å². The number of amides is 2. The number of carbonyl (C=O) groups is 2. The van der Waals surface area contributed by atoms with Crippen LogP contribution in [-0.4, -0.2) is 54.8 Å². The van der Waals surface area contributed by atoms with Crippen LogP contribution in [0.3, 0.4) is 0 Å². The molecule has 2 aromatic carbocycles. The van der Waals surface area contributed by atoms with Crippen molar-refractivity contribution in [3.05, 3.63) is 89.8 Å². The van der Waals surface area contributed by atoms with Gasteiger partial charge in [0, 0.05) is 25.2 Å². The minimum atomic E-state index is -0.943. The number of hydrogen-bond acceptors (Lipinski definition) is 6. The van der Waals surface area contributed by atoms with E-state index in [9.17, 15) is 9.59 Å². The number of rotatable bonds is 1. The molecular formula is C27H25N7O3. The molecule has 5 heterocycles. The molecule has 186 valence electrons. The van der Waals surface area contributed by atoms with Crippen molar-refractivity contribution in [2.24, 2.45) is 0 Å². The van der Waals surface area contributed by atoms with Crippen molar-refractivity contribution in [3.8, 4) is 5.75 Å². The molecule has 0 radical (unpaired) electrons. The highest BCUT2D eigenvalue weighted by molar-refractivity contribution is 6.09. The van der Waals surface area contributed by atoms with E-state index in [4.69, 9.17) is 4.74 Å². The predicted molar refractivity (Wildman–Crippen MR) is 133 cm³/mol. The number of aromatic nitrogens is 5. The van der Waals surface area contributed by atoms with Gasteiger partial charge in [-0.15, -0.1) is 5.10 Å². The van der Waals surface area contributed by atoms with Gasteiger partial charge in [0.15, 0.2) is 0 Å². The third-order valence-corrected chi connectivity index (χ3v) is 7.70. The van der Waals surface area contributed by atoms with Crippen LogP contribution in [0.5, 0.6) is 5.75 Å². The Bertz CT molecular complexity index is 1500. The van der Waals surface area contributed by atoms with Crippen molar-refractivity contribution in [3.63, 3.8) is 0 Å². The van der Waals surface area contributed by atoms with Crippen LogP contribution in [0.15, 0.2) is 67.3 Å². The summed E-state index contributed by atoms with van der Waals surface area (Å²) in [5.41, 5.74) is 2.82. The van der Waals surface area contributed by atoms with Crippen molar-refractivity contribution in [2.75, 3.05) is 18.1 Å². The molecule has 7 rings (SSSR count). The van der Waals surface area contributed by atoms with Crippen molar-refractivity contribution in [1.29, 1.82) is 0 Å². The molecule has 10 nitrogen and oxygen atoms in total. The molecule has 0 aliphatic carbocycles. The number of benzene rings is 2. The van der Waals surface area contributed by atoms with Crippen LogP contribution < -0.4 is 9.64 Å². The lowest BCUT2D eigenvalue weighted by Crippen LogP contribution is -2.45. The summed E-state index contributed by atoms with van der Waals surface area (Å²) in [6, 6.07) is 15.2. The van der Waals surface area contributed by atoms with E-state index in [1.807, 2.05) is 54.7 Å². The number of nitrogens with one attached hydrogen (secondary N) is 1. The Morgan fingerprint density at radius 3 is 2.95 bits per heavy atom. The molecule has 0 saturated carbocycles. The first-order valence-electron chi connectivity index (χ1n) is 12.5. The van der Waals surface area contributed by atoms with E-state index < -0.39 is 11.5 Å². The van der Waals surface area contributed by atoms with Crippen LogP contribution in [0.4, 0.5) is 5.69 Å². The third-order valence-electron chi connectivity index (χ3n) is 7.70. The average molecular weight is 496 g/mol. The molecular weight excluding hydrogens is 470 g/mol. The van der Waals surface area contributed by atoms with E-state index >= 15 is 0 Å². The van der Waals surface area contributed by atoms with Crippen LogP contribution in [0.25, 0.3) is 0 Å². The van der Waals surface area contributed by atoms with Gasteiger partial charge in [-0.25, -0.2) is 4.98 Å². The molecule has 3 aliphatic rings. The summed E-state index contributed by atoms with van der Waals surface area (Å²) >= 11 is 0. The molecule has 6 bridgehead atoms. The van der Waals surface area contributed by atoms with Crippen molar-refractivity contribution in [1.82, 2.24) is 29.9 Å². The first-order chi connectivity index (χ1) is 18.1. The zero-order valence-corrected chi connectivity index (χ0v) is 20.1. The summed E-state index contributed by atoms with van der Waals surface area (Å²) in [6.45, 7) is 1.92. The Morgan fingerprint density at radius 2 is 2.05 bits per heavy atom. The highest BCUT2D eigenvalue weighted by Crippen LogP contribution is 2.57. The highest BCUT2D eigenvalue weighted by atomic mass is 16.5. The topological polar surface area (TPSA) is 109 Å². The van der Waals surface area contributed by atoms with Gasteiger partial charge in [-0.05, 0) is 35.7 Å². The van der Waals surface area contributed by atoms with Gasteiger partial charge >= 0.3 is 0 Å². The fourth-order valence-electron chi connectivity index (χ4n) is 6.13. The van der Waals surface area contributed by atoms with Crippen molar-refractivity contribution < 1.29 is 14.3 Å². The Kier molecular flexibility index (Phi) is 4.88. The third kappa shape index (κ3) is 3.28. The number of para-hydroxylation sites is 1.